The Bertz CT molecular complexity index is 1420. The summed E-state index contributed by atoms with van der Waals surface area (Å²) in [7, 11) is 1.83. The zero-order valence-corrected chi connectivity index (χ0v) is 18.2. The molecule has 1 amide bonds. The second-order valence-corrected chi connectivity index (χ2v) is 8.35. The molecule has 1 aliphatic carbocycles. The summed E-state index contributed by atoms with van der Waals surface area (Å²) in [5.74, 6) is -0.102. The van der Waals surface area contributed by atoms with E-state index in [9.17, 15) is 9.18 Å². The predicted octanol–water partition coefficient (Wildman–Crippen LogP) is 3.90. The summed E-state index contributed by atoms with van der Waals surface area (Å²) < 4.78 is 16.7. The molecule has 5 rings (SSSR count). The van der Waals surface area contributed by atoms with Crippen LogP contribution >= 0.6 is 0 Å². The summed E-state index contributed by atoms with van der Waals surface area (Å²) in [5.41, 5.74) is 9.98. The van der Waals surface area contributed by atoms with Crippen molar-refractivity contribution in [2.45, 2.75) is 25.7 Å². The SMILES string of the molecule is Cc1ccncc1-c1cc2cc(NC(=O)C=C3CC(c4cn(C)nn4)C3)ncc2c(N)c1F. The molecule has 0 radical (unpaired) electrons. The van der Waals surface area contributed by atoms with Gasteiger partial charge in [0.15, 0.2) is 5.82 Å². The molecule has 0 unspecified atom stereocenters. The van der Waals surface area contributed by atoms with E-state index in [1.165, 1.54) is 6.20 Å². The topological polar surface area (TPSA) is 112 Å². The van der Waals surface area contributed by atoms with Gasteiger partial charge in [-0.15, -0.1) is 5.10 Å². The molecule has 0 aliphatic heterocycles. The highest BCUT2D eigenvalue weighted by atomic mass is 19.1. The van der Waals surface area contributed by atoms with Crippen LogP contribution in [0.1, 0.15) is 30.0 Å². The summed E-state index contributed by atoms with van der Waals surface area (Å²) in [4.78, 5) is 20.8. The second-order valence-electron chi connectivity index (χ2n) is 8.35. The molecule has 3 heterocycles. The minimum absolute atomic E-state index is 0.0165. The minimum Gasteiger partial charge on any atom is -0.396 e. The Kier molecular flexibility index (Phi) is 5.08. The summed E-state index contributed by atoms with van der Waals surface area (Å²) in [6.07, 6.45) is 9.80. The van der Waals surface area contributed by atoms with Gasteiger partial charge in [0.25, 0.3) is 0 Å². The number of nitrogen functional groups attached to an aromatic ring is 1. The van der Waals surface area contributed by atoms with E-state index < -0.39 is 5.82 Å². The van der Waals surface area contributed by atoms with Crippen molar-refractivity contribution in [3.63, 3.8) is 0 Å². The molecule has 0 saturated heterocycles. The monoisotopic (exact) mass is 443 g/mol. The number of pyridine rings is 2. The molecule has 0 spiro atoms. The lowest BCUT2D eigenvalue weighted by Crippen LogP contribution is -2.17. The molecule has 1 aromatic carbocycles. The molecule has 3 aromatic heterocycles. The molecule has 0 atom stereocenters. The number of carbonyl (C=O) groups is 1. The number of hydrogen-bond donors (Lipinski definition) is 2. The van der Waals surface area contributed by atoms with Gasteiger partial charge in [-0.05, 0) is 48.9 Å². The molecule has 1 saturated carbocycles. The first kappa shape index (κ1) is 20.7. The molecule has 1 aliphatic rings. The van der Waals surface area contributed by atoms with E-state index in [4.69, 9.17) is 5.73 Å². The smallest absolute Gasteiger partial charge is 0.249 e. The van der Waals surface area contributed by atoms with E-state index >= 15 is 0 Å². The number of nitrogens with zero attached hydrogens (tertiary/aromatic N) is 5. The number of aryl methyl sites for hydroxylation is 2. The average molecular weight is 443 g/mol. The van der Waals surface area contributed by atoms with E-state index in [-0.39, 0.29) is 11.6 Å². The fourth-order valence-corrected chi connectivity index (χ4v) is 4.11. The van der Waals surface area contributed by atoms with Gasteiger partial charge in [0.05, 0.1) is 11.4 Å². The number of allylic oxidation sites excluding steroid dienone is 1. The molecule has 8 nitrogen and oxygen atoms in total. The van der Waals surface area contributed by atoms with Crippen molar-refractivity contribution in [3.8, 4) is 11.1 Å². The number of hydrogen-bond acceptors (Lipinski definition) is 6. The number of halogens is 1. The normalized spacial score (nSPS) is 15.4. The number of aromatic nitrogens is 5. The molecule has 3 N–H and O–H groups in total. The lowest BCUT2D eigenvalue weighted by molar-refractivity contribution is -0.112. The van der Waals surface area contributed by atoms with Crippen molar-refractivity contribution in [2.24, 2.45) is 7.05 Å². The highest BCUT2D eigenvalue weighted by Gasteiger charge is 2.27. The molecule has 0 bridgehead atoms. The maximum absolute atomic E-state index is 15.0. The lowest BCUT2D eigenvalue weighted by Gasteiger charge is -2.27. The minimum atomic E-state index is -0.510. The van der Waals surface area contributed by atoms with Crippen LogP contribution in [0.25, 0.3) is 21.9 Å². The molecule has 166 valence electrons. The Hall–Kier alpha value is -4.14. The summed E-state index contributed by atoms with van der Waals surface area (Å²) in [6, 6.07) is 5.22. The highest BCUT2D eigenvalue weighted by molar-refractivity contribution is 6.02. The van der Waals surface area contributed by atoms with Crippen molar-refractivity contribution in [1.82, 2.24) is 25.0 Å². The quantitative estimate of drug-likeness (QED) is 0.366. The zero-order valence-electron chi connectivity index (χ0n) is 18.2. The Balaban J connectivity index is 1.36. The molecule has 33 heavy (non-hydrogen) atoms. The molecule has 1 fully saturated rings. The van der Waals surface area contributed by atoms with Gasteiger partial charge >= 0.3 is 0 Å². The van der Waals surface area contributed by atoms with Crippen LogP contribution in [0.5, 0.6) is 0 Å². The molecule has 9 heteroatoms. The number of nitrogens with one attached hydrogen (secondary N) is 1. The van der Waals surface area contributed by atoms with Crippen LogP contribution in [0.2, 0.25) is 0 Å². The van der Waals surface area contributed by atoms with Crippen LogP contribution in [-0.2, 0) is 11.8 Å². The summed E-state index contributed by atoms with van der Waals surface area (Å²) in [6.45, 7) is 1.89. The third-order valence-electron chi connectivity index (χ3n) is 5.97. The van der Waals surface area contributed by atoms with Crippen LogP contribution in [0.4, 0.5) is 15.9 Å². The van der Waals surface area contributed by atoms with Gasteiger partial charge in [-0.25, -0.2) is 9.37 Å². The van der Waals surface area contributed by atoms with Crippen molar-refractivity contribution in [2.75, 3.05) is 11.1 Å². The van der Waals surface area contributed by atoms with Crippen molar-refractivity contribution < 1.29 is 9.18 Å². The van der Waals surface area contributed by atoms with Gasteiger partial charge in [-0.1, -0.05) is 10.8 Å². The Labute approximate surface area is 189 Å². The fraction of sp³-hybridized carbons (Fsp3) is 0.208. The van der Waals surface area contributed by atoms with Gasteiger partial charge in [0.1, 0.15) is 5.82 Å². The summed E-state index contributed by atoms with van der Waals surface area (Å²) in [5, 5.41) is 12.0. The van der Waals surface area contributed by atoms with Crippen LogP contribution in [-0.4, -0.2) is 30.9 Å². The van der Waals surface area contributed by atoms with Crippen LogP contribution in [0.15, 0.2) is 54.6 Å². The first-order valence-corrected chi connectivity index (χ1v) is 10.5. The third kappa shape index (κ3) is 3.93. The summed E-state index contributed by atoms with van der Waals surface area (Å²) >= 11 is 0. The third-order valence-corrected chi connectivity index (χ3v) is 5.97. The first-order chi connectivity index (χ1) is 15.9. The number of carbonyl (C=O) groups excluding carboxylic acids is 1. The van der Waals surface area contributed by atoms with E-state index in [0.29, 0.717) is 33.6 Å². The number of fused-ring (bicyclic) bond motifs is 1. The van der Waals surface area contributed by atoms with Crippen molar-refractivity contribution in [1.29, 1.82) is 0 Å². The van der Waals surface area contributed by atoms with Gasteiger partial charge in [-0.2, -0.15) is 0 Å². The van der Waals surface area contributed by atoms with E-state index in [1.807, 2.05) is 26.2 Å². The van der Waals surface area contributed by atoms with Gasteiger partial charge < -0.3 is 11.1 Å². The van der Waals surface area contributed by atoms with Crippen LogP contribution in [0, 0.1) is 12.7 Å². The highest BCUT2D eigenvalue weighted by Crippen LogP contribution is 2.40. The van der Waals surface area contributed by atoms with Crippen molar-refractivity contribution in [3.05, 3.63) is 71.7 Å². The van der Waals surface area contributed by atoms with E-state index in [2.05, 4.69) is 25.6 Å². The molecular weight excluding hydrogens is 421 g/mol. The second kappa shape index (κ2) is 8.09. The van der Waals surface area contributed by atoms with E-state index in [0.717, 1.165) is 29.7 Å². The molecular formula is C24H22FN7O. The number of nitrogens with two attached hydrogens (primary N) is 1. The Morgan fingerprint density at radius 1 is 1.27 bits per heavy atom. The predicted molar refractivity (Wildman–Crippen MR) is 124 cm³/mol. The fourth-order valence-electron chi connectivity index (χ4n) is 4.11. The van der Waals surface area contributed by atoms with Gasteiger partial charge in [-0.3, -0.25) is 14.5 Å². The average Bonchev–Trinajstić information content (AvgIpc) is 3.19. The standard InChI is InChI=1S/C24H22FN7O/c1-13-3-4-27-10-18(13)17-8-15-9-21(28-11-19(15)24(26)23(17)25)29-22(33)7-14-5-16(6-14)20-12-32(2)31-30-20/h3-4,7-12,16H,5-6,26H2,1-2H3,(H,28,29,33). The first-order valence-electron chi connectivity index (χ1n) is 10.5. The number of rotatable bonds is 4. The van der Waals surface area contributed by atoms with Gasteiger partial charge in [0.2, 0.25) is 5.91 Å². The number of benzene rings is 1. The molecule has 4 aromatic rings. The maximum Gasteiger partial charge on any atom is 0.249 e. The number of amides is 1. The lowest BCUT2D eigenvalue weighted by atomic mass is 9.78. The maximum atomic E-state index is 15.0. The zero-order chi connectivity index (χ0) is 23.1. The van der Waals surface area contributed by atoms with Crippen molar-refractivity contribution >= 4 is 28.2 Å². The van der Waals surface area contributed by atoms with Crippen LogP contribution < -0.4 is 11.1 Å². The largest absolute Gasteiger partial charge is 0.396 e. The van der Waals surface area contributed by atoms with Gasteiger partial charge in [0, 0.05) is 60.3 Å². The Morgan fingerprint density at radius 3 is 2.82 bits per heavy atom. The Morgan fingerprint density at radius 2 is 2.09 bits per heavy atom. The number of anilines is 2. The van der Waals surface area contributed by atoms with Crippen LogP contribution in [0.3, 0.4) is 0 Å². The van der Waals surface area contributed by atoms with E-state index in [1.54, 1.807) is 35.3 Å².